The van der Waals surface area contributed by atoms with Gasteiger partial charge in [0.05, 0.1) is 13.0 Å². The van der Waals surface area contributed by atoms with E-state index in [9.17, 15) is 23.2 Å². The fraction of sp³-hybridized carbons (Fsp3) is 0.391. The first-order valence-electron chi connectivity index (χ1n) is 10.5. The molecule has 2 saturated heterocycles. The van der Waals surface area contributed by atoms with Gasteiger partial charge in [0.15, 0.2) is 0 Å². The number of aromatic nitrogens is 1. The van der Waals surface area contributed by atoms with Gasteiger partial charge in [-0.25, -0.2) is 13.6 Å². The predicted octanol–water partition coefficient (Wildman–Crippen LogP) is 2.65. The van der Waals surface area contributed by atoms with Crippen LogP contribution < -0.4 is 5.32 Å². The number of carbonyl (C=O) groups excluding carboxylic acids is 3. The minimum Gasteiger partial charge on any atom is -0.342 e. The molecule has 0 saturated carbocycles. The zero-order valence-corrected chi connectivity index (χ0v) is 17.7. The van der Waals surface area contributed by atoms with Crippen molar-refractivity contribution >= 4 is 17.8 Å². The van der Waals surface area contributed by atoms with Crippen LogP contribution in [0.5, 0.6) is 0 Å². The van der Waals surface area contributed by atoms with Crippen LogP contribution in [-0.2, 0) is 22.6 Å². The number of rotatable bonds is 5. The fourth-order valence-electron chi connectivity index (χ4n) is 4.51. The first-order valence-corrected chi connectivity index (χ1v) is 10.5. The number of hydrogen-bond acceptors (Lipinski definition) is 4. The maximum absolute atomic E-state index is 13.4. The van der Waals surface area contributed by atoms with Gasteiger partial charge >= 0.3 is 6.03 Å². The fourth-order valence-corrected chi connectivity index (χ4v) is 4.51. The Morgan fingerprint density at radius 2 is 1.72 bits per heavy atom. The van der Waals surface area contributed by atoms with Gasteiger partial charge in [-0.15, -0.1) is 0 Å². The second-order valence-corrected chi connectivity index (χ2v) is 8.49. The lowest BCUT2D eigenvalue weighted by molar-refractivity contribution is -0.135. The summed E-state index contributed by atoms with van der Waals surface area (Å²) in [7, 11) is 0. The summed E-state index contributed by atoms with van der Waals surface area (Å²) in [5.74, 6) is -2.06. The van der Waals surface area contributed by atoms with Crippen LogP contribution in [0.1, 0.15) is 30.9 Å². The molecule has 1 aromatic carbocycles. The first-order chi connectivity index (χ1) is 15.3. The number of pyridine rings is 1. The summed E-state index contributed by atoms with van der Waals surface area (Å²) in [6.07, 6.45) is 4.20. The Hall–Kier alpha value is -3.36. The van der Waals surface area contributed by atoms with E-state index in [1.807, 2.05) is 0 Å². The van der Waals surface area contributed by atoms with Crippen molar-refractivity contribution in [3.63, 3.8) is 0 Å². The van der Waals surface area contributed by atoms with E-state index >= 15 is 0 Å². The zero-order valence-electron chi connectivity index (χ0n) is 17.7. The molecule has 0 aliphatic carbocycles. The average Bonchev–Trinajstić information content (AvgIpc) is 2.98. The minimum atomic E-state index is -1.04. The van der Waals surface area contributed by atoms with Crippen molar-refractivity contribution in [3.8, 4) is 0 Å². The van der Waals surface area contributed by atoms with Crippen molar-refractivity contribution in [2.45, 2.75) is 38.3 Å². The van der Waals surface area contributed by atoms with Gasteiger partial charge in [0.1, 0.15) is 17.2 Å². The van der Waals surface area contributed by atoms with Crippen LogP contribution in [0.3, 0.4) is 0 Å². The molecule has 7 nitrogen and oxygen atoms in total. The number of imide groups is 1. The van der Waals surface area contributed by atoms with Crippen molar-refractivity contribution in [3.05, 3.63) is 65.5 Å². The zero-order chi connectivity index (χ0) is 22.9. The van der Waals surface area contributed by atoms with E-state index in [2.05, 4.69) is 10.3 Å². The Balaban J connectivity index is 1.37. The lowest BCUT2D eigenvalue weighted by Gasteiger charge is -2.39. The van der Waals surface area contributed by atoms with Gasteiger partial charge in [-0.2, -0.15) is 0 Å². The van der Waals surface area contributed by atoms with E-state index in [0.717, 1.165) is 23.8 Å². The summed E-state index contributed by atoms with van der Waals surface area (Å²) >= 11 is 0. The van der Waals surface area contributed by atoms with Crippen molar-refractivity contribution in [2.75, 3.05) is 13.1 Å². The van der Waals surface area contributed by atoms with Crippen LogP contribution >= 0.6 is 0 Å². The molecule has 0 spiro atoms. The summed E-state index contributed by atoms with van der Waals surface area (Å²) in [6, 6.07) is 6.15. The van der Waals surface area contributed by atoms with Crippen molar-refractivity contribution in [1.29, 1.82) is 0 Å². The number of hydrogen-bond donors (Lipinski definition) is 1. The molecule has 2 aliphatic heterocycles. The third-order valence-corrected chi connectivity index (χ3v) is 6.33. The SMILES string of the molecule is CC1(C2CCN(C(=O)Cc3cc(F)cc(F)c3)CC2)NC(=O)N(Cc2ccncc2)C1=O. The second kappa shape index (κ2) is 8.64. The number of nitrogens with zero attached hydrogens (tertiary/aromatic N) is 3. The number of benzene rings is 1. The van der Waals surface area contributed by atoms with Crippen molar-refractivity contribution in [2.24, 2.45) is 5.92 Å². The molecule has 1 aromatic heterocycles. The molecule has 1 atom stereocenters. The molecule has 1 unspecified atom stereocenters. The molecule has 168 valence electrons. The van der Waals surface area contributed by atoms with Crippen LogP contribution in [0.25, 0.3) is 0 Å². The summed E-state index contributed by atoms with van der Waals surface area (Å²) in [6.45, 7) is 2.72. The molecular formula is C23H24F2N4O3. The van der Waals surface area contributed by atoms with E-state index < -0.39 is 23.2 Å². The number of nitrogens with one attached hydrogen (secondary N) is 1. The van der Waals surface area contributed by atoms with Gasteiger partial charge in [0.25, 0.3) is 5.91 Å². The van der Waals surface area contributed by atoms with Gasteiger partial charge in [-0.1, -0.05) is 0 Å². The highest BCUT2D eigenvalue weighted by atomic mass is 19.1. The summed E-state index contributed by atoms with van der Waals surface area (Å²) in [5.41, 5.74) is 0.0545. The van der Waals surface area contributed by atoms with Crippen LogP contribution in [0.2, 0.25) is 0 Å². The van der Waals surface area contributed by atoms with E-state index in [4.69, 9.17) is 0 Å². The number of halogens is 2. The van der Waals surface area contributed by atoms with Gasteiger partial charge in [0, 0.05) is 31.5 Å². The molecule has 4 rings (SSSR count). The molecule has 0 bridgehead atoms. The average molecular weight is 442 g/mol. The van der Waals surface area contributed by atoms with E-state index in [0.29, 0.717) is 25.9 Å². The molecule has 32 heavy (non-hydrogen) atoms. The minimum absolute atomic E-state index is 0.0913. The third-order valence-electron chi connectivity index (χ3n) is 6.33. The van der Waals surface area contributed by atoms with Gasteiger partial charge < -0.3 is 10.2 Å². The summed E-state index contributed by atoms with van der Waals surface area (Å²) < 4.78 is 26.8. The maximum Gasteiger partial charge on any atom is 0.325 e. The topological polar surface area (TPSA) is 82.6 Å². The quantitative estimate of drug-likeness (QED) is 0.722. The Morgan fingerprint density at radius 1 is 1.09 bits per heavy atom. The lowest BCUT2D eigenvalue weighted by Crippen LogP contribution is -2.54. The van der Waals surface area contributed by atoms with Gasteiger partial charge in [-0.3, -0.25) is 19.5 Å². The normalized spacial score (nSPS) is 21.7. The molecule has 2 aromatic rings. The smallest absolute Gasteiger partial charge is 0.325 e. The molecule has 3 heterocycles. The van der Waals surface area contributed by atoms with Crippen LogP contribution in [0, 0.1) is 17.6 Å². The summed E-state index contributed by atoms with van der Waals surface area (Å²) in [5, 5.41) is 2.85. The standard InChI is InChI=1S/C23H24F2N4O3/c1-23(21(31)29(22(32)27-23)14-15-2-6-26-7-3-15)17-4-8-28(9-5-17)20(30)12-16-10-18(24)13-19(25)11-16/h2-3,6-7,10-11,13,17H,4-5,8-9,12,14H2,1H3,(H,27,32). The maximum atomic E-state index is 13.4. The van der Waals surface area contributed by atoms with E-state index in [-0.39, 0.29) is 36.3 Å². The number of likely N-dealkylation sites (tertiary alicyclic amines) is 1. The van der Waals surface area contributed by atoms with Crippen LogP contribution in [-0.4, -0.2) is 51.3 Å². The first kappa shape index (κ1) is 21.9. The molecule has 2 aliphatic rings. The number of piperidine rings is 1. The molecular weight excluding hydrogens is 418 g/mol. The molecule has 0 radical (unpaired) electrons. The number of amides is 4. The highest BCUT2D eigenvalue weighted by molar-refractivity contribution is 6.07. The molecule has 2 fully saturated rings. The monoisotopic (exact) mass is 442 g/mol. The lowest BCUT2D eigenvalue weighted by atomic mass is 9.78. The molecule has 4 amide bonds. The number of urea groups is 1. The summed E-state index contributed by atoms with van der Waals surface area (Å²) in [4.78, 5) is 45.1. The molecule has 9 heteroatoms. The van der Waals surface area contributed by atoms with Crippen molar-refractivity contribution in [1.82, 2.24) is 20.1 Å². The molecule has 1 N–H and O–H groups in total. The highest BCUT2D eigenvalue weighted by Crippen LogP contribution is 2.34. The second-order valence-electron chi connectivity index (χ2n) is 8.49. The Labute approximate surface area is 184 Å². The van der Waals surface area contributed by atoms with E-state index in [1.165, 1.54) is 4.90 Å². The van der Waals surface area contributed by atoms with Crippen molar-refractivity contribution < 1.29 is 23.2 Å². The van der Waals surface area contributed by atoms with Crippen LogP contribution in [0.15, 0.2) is 42.7 Å². The Kier molecular flexibility index (Phi) is 5.90. The van der Waals surface area contributed by atoms with Gasteiger partial charge in [0.2, 0.25) is 5.91 Å². The highest BCUT2D eigenvalue weighted by Gasteiger charge is 2.52. The Morgan fingerprint density at radius 3 is 2.34 bits per heavy atom. The van der Waals surface area contributed by atoms with Crippen LogP contribution in [0.4, 0.5) is 13.6 Å². The van der Waals surface area contributed by atoms with E-state index in [1.54, 1.807) is 36.4 Å². The van der Waals surface area contributed by atoms with Gasteiger partial charge in [-0.05, 0) is 61.1 Å². The third kappa shape index (κ3) is 4.32. The Bertz CT molecular complexity index is 1020. The number of carbonyl (C=O) groups is 3. The predicted molar refractivity (Wildman–Crippen MR) is 111 cm³/mol. The largest absolute Gasteiger partial charge is 0.342 e.